The summed E-state index contributed by atoms with van der Waals surface area (Å²) in [5.41, 5.74) is 7.88. The van der Waals surface area contributed by atoms with Gasteiger partial charge in [0.2, 0.25) is 0 Å². The van der Waals surface area contributed by atoms with Crippen LogP contribution in [-0.4, -0.2) is 11.1 Å². The van der Waals surface area contributed by atoms with Crippen LogP contribution in [0.3, 0.4) is 0 Å². The van der Waals surface area contributed by atoms with Crippen molar-refractivity contribution in [1.29, 1.82) is 0 Å². The molecular weight excluding hydrogens is 252 g/mol. The largest absolute Gasteiger partial charge is 0.410 e. The monoisotopic (exact) mass is 270 g/mol. The van der Waals surface area contributed by atoms with Gasteiger partial charge in [-0.3, -0.25) is 4.98 Å². The number of primary amides is 1. The third kappa shape index (κ3) is 2.96. The second-order valence-corrected chi connectivity index (χ2v) is 5.59. The third-order valence-corrected chi connectivity index (χ3v) is 3.00. The Morgan fingerprint density at radius 2 is 1.95 bits per heavy atom. The van der Waals surface area contributed by atoms with Crippen LogP contribution < -0.4 is 10.5 Å². The van der Waals surface area contributed by atoms with Gasteiger partial charge in [0, 0.05) is 23.5 Å². The topological polar surface area (TPSA) is 65.2 Å². The number of amides is 1. The minimum atomic E-state index is -0.818. The van der Waals surface area contributed by atoms with Gasteiger partial charge in [0.15, 0.2) is 0 Å². The molecule has 1 amide bonds. The molecule has 0 spiro atoms. The Kier molecular flexibility index (Phi) is 3.74. The SMILES string of the molecule is CC(C)(C)c1cccc(OC(N)=O)c1-c1cccnc1. The van der Waals surface area contributed by atoms with Crippen molar-refractivity contribution in [3.63, 3.8) is 0 Å². The molecule has 1 heterocycles. The Morgan fingerprint density at radius 3 is 2.50 bits per heavy atom. The number of hydrogen-bond acceptors (Lipinski definition) is 3. The fraction of sp³-hybridized carbons (Fsp3) is 0.250. The van der Waals surface area contributed by atoms with E-state index in [-0.39, 0.29) is 5.41 Å². The van der Waals surface area contributed by atoms with Gasteiger partial charge in [-0.25, -0.2) is 4.79 Å². The number of carbonyl (C=O) groups excluding carboxylic acids is 1. The second-order valence-electron chi connectivity index (χ2n) is 5.59. The van der Waals surface area contributed by atoms with Crippen molar-refractivity contribution < 1.29 is 9.53 Å². The van der Waals surface area contributed by atoms with E-state index < -0.39 is 6.09 Å². The first-order chi connectivity index (χ1) is 9.39. The minimum Gasteiger partial charge on any atom is -0.410 e. The zero-order chi connectivity index (χ0) is 14.8. The van der Waals surface area contributed by atoms with Crippen LogP contribution in [0.1, 0.15) is 26.3 Å². The number of carbonyl (C=O) groups is 1. The Balaban J connectivity index is 2.69. The highest BCUT2D eigenvalue weighted by atomic mass is 16.5. The maximum atomic E-state index is 11.1. The van der Waals surface area contributed by atoms with E-state index in [1.54, 1.807) is 18.5 Å². The van der Waals surface area contributed by atoms with Gasteiger partial charge in [-0.15, -0.1) is 0 Å². The van der Waals surface area contributed by atoms with E-state index in [0.29, 0.717) is 5.75 Å². The van der Waals surface area contributed by atoms with Gasteiger partial charge in [-0.2, -0.15) is 0 Å². The summed E-state index contributed by atoms with van der Waals surface area (Å²) >= 11 is 0. The minimum absolute atomic E-state index is 0.0950. The first kappa shape index (κ1) is 14.1. The molecule has 0 aliphatic carbocycles. The van der Waals surface area contributed by atoms with E-state index in [9.17, 15) is 4.79 Å². The summed E-state index contributed by atoms with van der Waals surface area (Å²) in [7, 11) is 0. The van der Waals surface area contributed by atoms with Crippen molar-refractivity contribution in [2.24, 2.45) is 5.73 Å². The predicted molar refractivity (Wildman–Crippen MR) is 78.6 cm³/mol. The lowest BCUT2D eigenvalue weighted by atomic mass is 9.81. The second kappa shape index (κ2) is 5.33. The number of nitrogens with zero attached hydrogens (tertiary/aromatic N) is 1. The summed E-state index contributed by atoms with van der Waals surface area (Å²) in [6.07, 6.45) is 2.64. The van der Waals surface area contributed by atoms with Crippen LogP contribution in [-0.2, 0) is 5.41 Å². The highest BCUT2D eigenvalue weighted by Crippen LogP contribution is 2.39. The van der Waals surface area contributed by atoms with Crippen LogP contribution in [0.25, 0.3) is 11.1 Å². The van der Waals surface area contributed by atoms with Crippen molar-refractivity contribution in [2.45, 2.75) is 26.2 Å². The Morgan fingerprint density at radius 1 is 1.20 bits per heavy atom. The average molecular weight is 270 g/mol. The van der Waals surface area contributed by atoms with E-state index in [0.717, 1.165) is 16.7 Å². The molecule has 2 aromatic rings. The zero-order valence-corrected chi connectivity index (χ0v) is 11.9. The molecule has 2 rings (SSSR count). The summed E-state index contributed by atoms with van der Waals surface area (Å²) in [6, 6.07) is 9.41. The molecule has 2 N–H and O–H groups in total. The van der Waals surface area contributed by atoms with Crippen molar-refractivity contribution in [2.75, 3.05) is 0 Å². The van der Waals surface area contributed by atoms with Crippen LogP contribution in [0, 0.1) is 0 Å². The molecule has 0 saturated carbocycles. The molecule has 1 aromatic heterocycles. The summed E-state index contributed by atoms with van der Waals surface area (Å²) in [4.78, 5) is 15.2. The molecule has 0 unspecified atom stereocenters. The van der Waals surface area contributed by atoms with Crippen LogP contribution >= 0.6 is 0 Å². The molecule has 0 aliphatic heterocycles. The van der Waals surface area contributed by atoms with E-state index in [4.69, 9.17) is 10.5 Å². The summed E-state index contributed by atoms with van der Waals surface area (Å²) in [5.74, 6) is 0.456. The van der Waals surface area contributed by atoms with E-state index in [2.05, 4.69) is 25.8 Å². The van der Waals surface area contributed by atoms with Crippen molar-refractivity contribution in [3.05, 3.63) is 48.3 Å². The number of aromatic nitrogens is 1. The lowest BCUT2D eigenvalue weighted by Crippen LogP contribution is -2.19. The summed E-state index contributed by atoms with van der Waals surface area (Å²) in [6.45, 7) is 6.32. The van der Waals surface area contributed by atoms with Crippen LogP contribution in [0.2, 0.25) is 0 Å². The molecule has 0 fully saturated rings. The average Bonchev–Trinajstić information content (AvgIpc) is 2.38. The number of ether oxygens (including phenoxy) is 1. The lowest BCUT2D eigenvalue weighted by Gasteiger charge is -2.24. The van der Waals surface area contributed by atoms with Crippen molar-refractivity contribution >= 4 is 6.09 Å². The number of pyridine rings is 1. The molecule has 4 heteroatoms. The quantitative estimate of drug-likeness (QED) is 0.908. The Labute approximate surface area is 118 Å². The molecule has 0 saturated heterocycles. The Bertz CT molecular complexity index is 616. The van der Waals surface area contributed by atoms with Gasteiger partial charge in [0.1, 0.15) is 5.75 Å². The fourth-order valence-electron chi connectivity index (χ4n) is 2.16. The Hall–Kier alpha value is -2.36. The van der Waals surface area contributed by atoms with Crippen LogP contribution in [0.15, 0.2) is 42.7 Å². The molecule has 0 aliphatic rings. The van der Waals surface area contributed by atoms with Gasteiger partial charge >= 0.3 is 6.09 Å². The molecule has 4 nitrogen and oxygen atoms in total. The maximum Gasteiger partial charge on any atom is 0.409 e. The number of hydrogen-bond donors (Lipinski definition) is 1. The highest BCUT2D eigenvalue weighted by Gasteiger charge is 2.22. The molecule has 0 radical (unpaired) electrons. The predicted octanol–water partition coefficient (Wildman–Crippen LogP) is 3.50. The number of nitrogens with two attached hydrogens (primary N) is 1. The zero-order valence-electron chi connectivity index (χ0n) is 11.9. The smallest absolute Gasteiger partial charge is 0.409 e. The van der Waals surface area contributed by atoms with Gasteiger partial charge < -0.3 is 10.5 Å². The lowest BCUT2D eigenvalue weighted by molar-refractivity contribution is 0.211. The standard InChI is InChI=1S/C16H18N2O2/c1-16(2,3)12-7-4-8-13(20-15(17)19)14(12)11-6-5-9-18-10-11/h4-10H,1-3H3,(H2,17,19). The summed E-state index contributed by atoms with van der Waals surface area (Å²) < 4.78 is 5.15. The van der Waals surface area contributed by atoms with Gasteiger partial charge in [0.25, 0.3) is 0 Å². The van der Waals surface area contributed by atoms with Crippen molar-refractivity contribution in [3.8, 4) is 16.9 Å². The van der Waals surface area contributed by atoms with Gasteiger partial charge in [-0.1, -0.05) is 39.0 Å². The normalized spacial score (nSPS) is 11.2. The fourth-order valence-corrected chi connectivity index (χ4v) is 2.16. The van der Waals surface area contributed by atoms with E-state index in [1.807, 2.05) is 24.3 Å². The first-order valence-electron chi connectivity index (χ1n) is 6.41. The molecule has 104 valence electrons. The number of benzene rings is 1. The van der Waals surface area contributed by atoms with Crippen molar-refractivity contribution in [1.82, 2.24) is 4.98 Å². The molecular formula is C16H18N2O2. The van der Waals surface area contributed by atoms with Crippen LogP contribution in [0.4, 0.5) is 4.79 Å². The molecule has 0 bridgehead atoms. The van der Waals surface area contributed by atoms with Gasteiger partial charge in [0.05, 0.1) is 0 Å². The third-order valence-electron chi connectivity index (χ3n) is 3.00. The molecule has 1 aromatic carbocycles. The number of rotatable bonds is 2. The molecule has 0 atom stereocenters. The first-order valence-corrected chi connectivity index (χ1v) is 6.41. The maximum absolute atomic E-state index is 11.1. The van der Waals surface area contributed by atoms with Gasteiger partial charge in [-0.05, 0) is 23.1 Å². The van der Waals surface area contributed by atoms with Crippen LogP contribution in [0.5, 0.6) is 5.75 Å². The van der Waals surface area contributed by atoms with E-state index in [1.165, 1.54) is 0 Å². The van der Waals surface area contributed by atoms with E-state index >= 15 is 0 Å². The highest BCUT2D eigenvalue weighted by molar-refractivity contribution is 5.78. The summed E-state index contributed by atoms with van der Waals surface area (Å²) in [5, 5.41) is 0. The molecule has 20 heavy (non-hydrogen) atoms.